The summed E-state index contributed by atoms with van der Waals surface area (Å²) >= 11 is 1.24. The number of halogens is 1. The van der Waals surface area contributed by atoms with Crippen molar-refractivity contribution in [3.05, 3.63) is 41.2 Å². The molecule has 0 N–H and O–H groups in total. The van der Waals surface area contributed by atoms with Crippen LogP contribution in [0.3, 0.4) is 0 Å². The molecule has 0 bridgehead atoms. The smallest absolute Gasteiger partial charge is 0.185 e. The second-order valence-corrected chi connectivity index (χ2v) is 4.67. The summed E-state index contributed by atoms with van der Waals surface area (Å²) in [6.45, 7) is 1.52. The van der Waals surface area contributed by atoms with Crippen LogP contribution in [-0.2, 0) is 4.79 Å². The zero-order valence-electron chi connectivity index (χ0n) is 9.48. The van der Waals surface area contributed by atoms with E-state index in [1.807, 2.05) is 0 Å². The molecular formula is C13H13FO2S. The minimum Gasteiger partial charge on any atom is -0.298 e. The van der Waals surface area contributed by atoms with Crippen LogP contribution in [0, 0.1) is 5.82 Å². The van der Waals surface area contributed by atoms with Gasteiger partial charge in [0.05, 0.1) is 5.56 Å². The van der Waals surface area contributed by atoms with Gasteiger partial charge in [-0.3, -0.25) is 9.59 Å². The highest BCUT2D eigenvalue weighted by molar-refractivity contribution is 8.13. The molecule has 0 aliphatic rings. The Morgan fingerprint density at radius 3 is 2.76 bits per heavy atom. The molecule has 0 spiro atoms. The fourth-order valence-corrected chi connectivity index (χ4v) is 1.81. The second kappa shape index (κ2) is 7.01. The Morgan fingerprint density at radius 1 is 1.41 bits per heavy atom. The molecule has 1 aromatic carbocycles. The molecule has 90 valence electrons. The standard InChI is InChI=1S/C13H13FO2S/c1-10(16)17-8-3-2-5-11-6-4-7-12(9-15)13(11)14/h2,4-7,9H,3,8H2,1H3. The Balaban J connectivity index is 2.59. The summed E-state index contributed by atoms with van der Waals surface area (Å²) in [6.07, 6.45) is 4.61. The molecular weight excluding hydrogens is 239 g/mol. The summed E-state index contributed by atoms with van der Waals surface area (Å²) in [5.41, 5.74) is 0.452. The Morgan fingerprint density at radius 2 is 2.12 bits per heavy atom. The minimum atomic E-state index is -0.502. The molecule has 0 fully saturated rings. The van der Waals surface area contributed by atoms with E-state index < -0.39 is 5.82 Å². The zero-order valence-corrected chi connectivity index (χ0v) is 10.3. The van der Waals surface area contributed by atoms with Crippen molar-refractivity contribution in [2.75, 3.05) is 5.75 Å². The van der Waals surface area contributed by atoms with E-state index in [1.54, 1.807) is 24.3 Å². The maximum absolute atomic E-state index is 13.6. The van der Waals surface area contributed by atoms with Gasteiger partial charge < -0.3 is 0 Å². The van der Waals surface area contributed by atoms with Crippen molar-refractivity contribution in [2.24, 2.45) is 0 Å². The fraction of sp³-hybridized carbons (Fsp3) is 0.231. The summed E-state index contributed by atoms with van der Waals surface area (Å²) in [7, 11) is 0. The maximum atomic E-state index is 13.6. The molecule has 0 aromatic heterocycles. The van der Waals surface area contributed by atoms with E-state index in [-0.39, 0.29) is 10.7 Å². The number of thioether (sulfide) groups is 1. The van der Waals surface area contributed by atoms with Crippen molar-refractivity contribution in [3.8, 4) is 0 Å². The van der Waals surface area contributed by atoms with E-state index in [9.17, 15) is 14.0 Å². The van der Waals surface area contributed by atoms with Gasteiger partial charge in [-0.2, -0.15) is 0 Å². The van der Waals surface area contributed by atoms with E-state index in [4.69, 9.17) is 0 Å². The number of carbonyl (C=O) groups excluding carboxylic acids is 2. The van der Waals surface area contributed by atoms with Crippen molar-refractivity contribution in [3.63, 3.8) is 0 Å². The molecule has 4 heteroatoms. The SMILES string of the molecule is CC(=O)SCCC=Cc1cccc(C=O)c1F. The van der Waals surface area contributed by atoms with Gasteiger partial charge in [0.1, 0.15) is 5.82 Å². The lowest BCUT2D eigenvalue weighted by Gasteiger charge is -1.99. The molecule has 0 saturated carbocycles. The lowest BCUT2D eigenvalue weighted by molar-refractivity contribution is -0.109. The molecule has 1 aromatic rings. The van der Waals surface area contributed by atoms with Crippen LogP contribution in [0.1, 0.15) is 29.3 Å². The highest BCUT2D eigenvalue weighted by Gasteiger charge is 2.03. The Labute approximate surface area is 104 Å². The molecule has 0 saturated heterocycles. The average molecular weight is 252 g/mol. The quantitative estimate of drug-likeness (QED) is 0.595. The topological polar surface area (TPSA) is 34.1 Å². The predicted molar refractivity (Wildman–Crippen MR) is 68.6 cm³/mol. The summed E-state index contributed by atoms with van der Waals surface area (Å²) in [5.74, 6) is 0.179. The first kappa shape index (κ1) is 13.6. The number of hydrogen-bond donors (Lipinski definition) is 0. The van der Waals surface area contributed by atoms with E-state index in [2.05, 4.69) is 0 Å². The number of rotatable bonds is 5. The fourth-order valence-electron chi connectivity index (χ4n) is 1.27. The van der Waals surface area contributed by atoms with Gasteiger partial charge in [0.25, 0.3) is 0 Å². The van der Waals surface area contributed by atoms with Gasteiger partial charge in [0.2, 0.25) is 0 Å². The van der Waals surface area contributed by atoms with Crippen molar-refractivity contribution < 1.29 is 14.0 Å². The lowest BCUT2D eigenvalue weighted by atomic mass is 10.1. The van der Waals surface area contributed by atoms with Gasteiger partial charge in [-0.1, -0.05) is 36.0 Å². The van der Waals surface area contributed by atoms with Crippen LogP contribution < -0.4 is 0 Å². The summed E-state index contributed by atoms with van der Waals surface area (Å²) in [5, 5.41) is 0.0764. The minimum absolute atomic E-state index is 0.0604. The predicted octanol–water partition coefficient (Wildman–Crippen LogP) is 3.32. The lowest BCUT2D eigenvalue weighted by Crippen LogP contribution is -1.90. The van der Waals surface area contributed by atoms with Crippen LogP contribution in [0.25, 0.3) is 6.08 Å². The largest absolute Gasteiger partial charge is 0.298 e. The van der Waals surface area contributed by atoms with E-state index >= 15 is 0 Å². The van der Waals surface area contributed by atoms with E-state index in [0.29, 0.717) is 24.0 Å². The number of allylic oxidation sites excluding steroid dienone is 1. The highest BCUT2D eigenvalue weighted by Crippen LogP contribution is 2.13. The van der Waals surface area contributed by atoms with Gasteiger partial charge in [-0.15, -0.1) is 0 Å². The molecule has 2 nitrogen and oxygen atoms in total. The van der Waals surface area contributed by atoms with Crippen LogP contribution in [0.5, 0.6) is 0 Å². The third-order valence-electron chi connectivity index (χ3n) is 2.07. The van der Waals surface area contributed by atoms with Crippen molar-refractivity contribution in [2.45, 2.75) is 13.3 Å². The molecule has 1 rings (SSSR count). The number of carbonyl (C=O) groups is 2. The Hall–Kier alpha value is -1.42. The molecule has 0 radical (unpaired) electrons. The third-order valence-corrected chi connectivity index (χ3v) is 2.92. The van der Waals surface area contributed by atoms with Gasteiger partial charge in [0, 0.05) is 18.2 Å². The summed E-state index contributed by atoms with van der Waals surface area (Å²) < 4.78 is 13.6. The molecule has 0 unspecified atom stereocenters. The van der Waals surface area contributed by atoms with Crippen LogP contribution >= 0.6 is 11.8 Å². The van der Waals surface area contributed by atoms with Crippen LogP contribution in [0.2, 0.25) is 0 Å². The van der Waals surface area contributed by atoms with Crippen molar-refractivity contribution >= 4 is 29.2 Å². The highest BCUT2D eigenvalue weighted by atomic mass is 32.2. The second-order valence-electron chi connectivity index (χ2n) is 3.40. The molecule has 17 heavy (non-hydrogen) atoms. The average Bonchev–Trinajstić information content (AvgIpc) is 2.30. The Kier molecular flexibility index (Phi) is 5.63. The third kappa shape index (κ3) is 4.53. The molecule has 0 atom stereocenters. The summed E-state index contributed by atoms with van der Waals surface area (Å²) in [6, 6.07) is 4.68. The van der Waals surface area contributed by atoms with Crippen LogP contribution in [-0.4, -0.2) is 17.2 Å². The molecule has 0 heterocycles. The van der Waals surface area contributed by atoms with Gasteiger partial charge in [-0.05, 0) is 12.5 Å². The van der Waals surface area contributed by atoms with Crippen molar-refractivity contribution in [1.82, 2.24) is 0 Å². The first-order valence-corrected chi connectivity index (χ1v) is 6.17. The summed E-state index contributed by atoms with van der Waals surface area (Å²) in [4.78, 5) is 21.2. The van der Waals surface area contributed by atoms with Crippen molar-refractivity contribution in [1.29, 1.82) is 0 Å². The zero-order chi connectivity index (χ0) is 12.7. The normalized spacial score (nSPS) is 10.7. The number of benzene rings is 1. The Bertz CT molecular complexity index is 441. The number of aldehydes is 1. The van der Waals surface area contributed by atoms with Gasteiger partial charge >= 0.3 is 0 Å². The van der Waals surface area contributed by atoms with E-state index in [0.717, 1.165) is 0 Å². The molecule has 0 aliphatic carbocycles. The van der Waals surface area contributed by atoms with Gasteiger partial charge in [-0.25, -0.2) is 4.39 Å². The monoisotopic (exact) mass is 252 g/mol. The van der Waals surface area contributed by atoms with Crippen LogP contribution in [0.4, 0.5) is 4.39 Å². The van der Waals surface area contributed by atoms with Gasteiger partial charge in [0.15, 0.2) is 11.4 Å². The first-order valence-electron chi connectivity index (χ1n) is 5.18. The first-order chi connectivity index (χ1) is 8.15. The maximum Gasteiger partial charge on any atom is 0.185 e. The number of hydrogen-bond acceptors (Lipinski definition) is 3. The van der Waals surface area contributed by atoms with E-state index in [1.165, 1.54) is 24.8 Å². The molecule has 0 aliphatic heterocycles. The van der Waals surface area contributed by atoms with Crippen LogP contribution in [0.15, 0.2) is 24.3 Å². The molecule has 0 amide bonds.